The molecule has 0 aliphatic heterocycles. The standard InChI is InChI=1S/C15H26N2O2/c1-10(2)18-14-7-6-13(17-9-12(5)16)8-15(14)19-11(3)4/h6-8,10-12,17H,9,16H2,1-5H3. The lowest BCUT2D eigenvalue weighted by molar-refractivity contribution is 0.199. The lowest BCUT2D eigenvalue weighted by Crippen LogP contribution is -2.25. The zero-order valence-electron chi connectivity index (χ0n) is 12.6. The van der Waals surface area contributed by atoms with E-state index >= 15 is 0 Å². The zero-order chi connectivity index (χ0) is 14.4. The van der Waals surface area contributed by atoms with Crippen LogP contribution < -0.4 is 20.5 Å². The van der Waals surface area contributed by atoms with Gasteiger partial charge in [0.15, 0.2) is 11.5 Å². The van der Waals surface area contributed by atoms with Crippen LogP contribution >= 0.6 is 0 Å². The maximum atomic E-state index is 5.80. The molecule has 0 aromatic heterocycles. The lowest BCUT2D eigenvalue weighted by atomic mass is 10.2. The van der Waals surface area contributed by atoms with E-state index in [1.165, 1.54) is 0 Å². The highest BCUT2D eigenvalue weighted by molar-refractivity contribution is 5.55. The van der Waals surface area contributed by atoms with Crippen molar-refractivity contribution in [2.45, 2.75) is 52.9 Å². The molecule has 0 aliphatic rings. The Morgan fingerprint density at radius 1 is 1.00 bits per heavy atom. The van der Waals surface area contributed by atoms with Gasteiger partial charge in [0.25, 0.3) is 0 Å². The van der Waals surface area contributed by atoms with Gasteiger partial charge >= 0.3 is 0 Å². The summed E-state index contributed by atoms with van der Waals surface area (Å²) in [6, 6.07) is 5.98. The van der Waals surface area contributed by atoms with Gasteiger partial charge in [-0.1, -0.05) is 0 Å². The average molecular weight is 266 g/mol. The molecule has 4 heteroatoms. The molecule has 0 saturated carbocycles. The van der Waals surface area contributed by atoms with E-state index < -0.39 is 0 Å². The summed E-state index contributed by atoms with van der Waals surface area (Å²) in [5, 5.41) is 3.28. The van der Waals surface area contributed by atoms with Gasteiger partial charge in [-0.05, 0) is 46.8 Å². The molecule has 4 nitrogen and oxygen atoms in total. The molecular formula is C15H26N2O2. The number of nitrogens with two attached hydrogens (primary N) is 1. The van der Waals surface area contributed by atoms with Crippen LogP contribution in [0.1, 0.15) is 34.6 Å². The molecule has 0 aliphatic carbocycles. The molecule has 0 radical (unpaired) electrons. The SMILES string of the molecule is CC(N)CNc1ccc(OC(C)C)c(OC(C)C)c1. The summed E-state index contributed by atoms with van der Waals surface area (Å²) in [6.45, 7) is 10.7. The van der Waals surface area contributed by atoms with Gasteiger partial charge in [-0.2, -0.15) is 0 Å². The second kappa shape index (κ2) is 7.24. The fourth-order valence-corrected chi connectivity index (χ4v) is 1.59. The Labute approximate surface area is 116 Å². The van der Waals surface area contributed by atoms with E-state index in [1.54, 1.807) is 0 Å². The number of benzene rings is 1. The monoisotopic (exact) mass is 266 g/mol. The number of ether oxygens (including phenoxy) is 2. The Morgan fingerprint density at radius 2 is 1.58 bits per heavy atom. The number of anilines is 1. The maximum absolute atomic E-state index is 5.80. The first kappa shape index (κ1) is 15.6. The second-order valence-corrected chi connectivity index (χ2v) is 5.35. The third-order valence-corrected chi connectivity index (χ3v) is 2.30. The molecule has 0 amide bonds. The highest BCUT2D eigenvalue weighted by Crippen LogP contribution is 2.32. The predicted molar refractivity (Wildman–Crippen MR) is 80.1 cm³/mol. The molecule has 108 valence electrons. The Kier molecular flexibility index (Phi) is 5.96. The van der Waals surface area contributed by atoms with Crippen LogP contribution in [0.4, 0.5) is 5.69 Å². The summed E-state index contributed by atoms with van der Waals surface area (Å²) in [5.74, 6) is 1.54. The average Bonchev–Trinajstić information content (AvgIpc) is 2.28. The van der Waals surface area contributed by atoms with Crippen LogP contribution in [0, 0.1) is 0 Å². The molecule has 0 saturated heterocycles. The molecule has 1 atom stereocenters. The number of hydrogen-bond acceptors (Lipinski definition) is 4. The highest BCUT2D eigenvalue weighted by atomic mass is 16.5. The molecule has 1 aromatic rings. The third-order valence-electron chi connectivity index (χ3n) is 2.30. The molecule has 0 bridgehead atoms. The first-order valence-corrected chi connectivity index (χ1v) is 6.85. The van der Waals surface area contributed by atoms with E-state index in [1.807, 2.05) is 52.8 Å². The first-order chi connectivity index (χ1) is 8.88. The van der Waals surface area contributed by atoms with E-state index in [0.717, 1.165) is 23.7 Å². The van der Waals surface area contributed by atoms with E-state index in [-0.39, 0.29) is 18.2 Å². The van der Waals surface area contributed by atoms with E-state index in [9.17, 15) is 0 Å². The van der Waals surface area contributed by atoms with Gasteiger partial charge in [-0.15, -0.1) is 0 Å². The Hall–Kier alpha value is -1.42. The van der Waals surface area contributed by atoms with Crippen molar-refractivity contribution in [3.63, 3.8) is 0 Å². The van der Waals surface area contributed by atoms with Gasteiger partial charge in [0.2, 0.25) is 0 Å². The van der Waals surface area contributed by atoms with Crippen molar-refractivity contribution in [1.82, 2.24) is 0 Å². The van der Waals surface area contributed by atoms with Crippen molar-refractivity contribution >= 4 is 5.69 Å². The Morgan fingerprint density at radius 3 is 2.11 bits per heavy atom. The summed E-state index contributed by atoms with van der Waals surface area (Å²) in [4.78, 5) is 0. The van der Waals surface area contributed by atoms with E-state index in [0.29, 0.717) is 0 Å². The summed E-state index contributed by atoms with van der Waals surface area (Å²) < 4.78 is 11.5. The minimum atomic E-state index is 0.109. The van der Waals surface area contributed by atoms with E-state index in [2.05, 4.69) is 5.32 Å². The maximum Gasteiger partial charge on any atom is 0.163 e. The molecule has 0 spiro atoms. The van der Waals surface area contributed by atoms with Gasteiger partial charge in [-0.25, -0.2) is 0 Å². The molecule has 0 heterocycles. The minimum Gasteiger partial charge on any atom is -0.487 e. The molecule has 19 heavy (non-hydrogen) atoms. The number of nitrogens with one attached hydrogen (secondary N) is 1. The molecule has 1 rings (SSSR count). The molecular weight excluding hydrogens is 240 g/mol. The van der Waals surface area contributed by atoms with Gasteiger partial charge in [0.05, 0.1) is 12.2 Å². The topological polar surface area (TPSA) is 56.5 Å². The van der Waals surface area contributed by atoms with Crippen LogP contribution in [0.3, 0.4) is 0 Å². The van der Waals surface area contributed by atoms with Crippen molar-refractivity contribution in [1.29, 1.82) is 0 Å². The van der Waals surface area contributed by atoms with Crippen LogP contribution in [-0.2, 0) is 0 Å². The van der Waals surface area contributed by atoms with Gasteiger partial charge in [0, 0.05) is 24.3 Å². The Bertz CT molecular complexity index is 390. The van der Waals surface area contributed by atoms with Crippen LogP contribution in [0.15, 0.2) is 18.2 Å². The Balaban J connectivity index is 2.87. The summed E-state index contributed by atoms with van der Waals surface area (Å²) in [6.07, 6.45) is 0.232. The first-order valence-electron chi connectivity index (χ1n) is 6.85. The minimum absolute atomic E-state index is 0.109. The molecule has 3 N–H and O–H groups in total. The quantitative estimate of drug-likeness (QED) is 0.796. The third kappa shape index (κ3) is 5.83. The van der Waals surface area contributed by atoms with Crippen LogP contribution in [0.25, 0.3) is 0 Å². The smallest absolute Gasteiger partial charge is 0.163 e. The molecule has 1 aromatic carbocycles. The summed E-state index contributed by atoms with van der Waals surface area (Å²) in [7, 11) is 0. The highest BCUT2D eigenvalue weighted by Gasteiger charge is 2.10. The fourth-order valence-electron chi connectivity index (χ4n) is 1.59. The predicted octanol–water partition coefficient (Wildman–Crippen LogP) is 3.02. The van der Waals surface area contributed by atoms with Crippen LogP contribution in [0.2, 0.25) is 0 Å². The van der Waals surface area contributed by atoms with Gasteiger partial charge < -0.3 is 20.5 Å². The van der Waals surface area contributed by atoms with Gasteiger partial charge in [0.1, 0.15) is 0 Å². The number of rotatable bonds is 7. The van der Waals surface area contributed by atoms with Crippen LogP contribution in [-0.4, -0.2) is 24.8 Å². The largest absolute Gasteiger partial charge is 0.487 e. The van der Waals surface area contributed by atoms with Crippen molar-refractivity contribution in [2.75, 3.05) is 11.9 Å². The summed E-state index contributed by atoms with van der Waals surface area (Å²) in [5.41, 5.74) is 6.73. The zero-order valence-corrected chi connectivity index (χ0v) is 12.6. The van der Waals surface area contributed by atoms with Crippen molar-refractivity contribution < 1.29 is 9.47 Å². The second-order valence-electron chi connectivity index (χ2n) is 5.35. The number of hydrogen-bond donors (Lipinski definition) is 2. The molecule has 1 unspecified atom stereocenters. The molecule has 0 fully saturated rings. The van der Waals surface area contributed by atoms with Gasteiger partial charge in [-0.3, -0.25) is 0 Å². The fraction of sp³-hybridized carbons (Fsp3) is 0.600. The normalized spacial score (nSPS) is 12.6. The van der Waals surface area contributed by atoms with Crippen LogP contribution in [0.5, 0.6) is 11.5 Å². The van der Waals surface area contributed by atoms with Crippen molar-refractivity contribution in [3.8, 4) is 11.5 Å². The lowest BCUT2D eigenvalue weighted by Gasteiger charge is -2.18. The summed E-state index contributed by atoms with van der Waals surface area (Å²) >= 11 is 0. The van der Waals surface area contributed by atoms with E-state index in [4.69, 9.17) is 15.2 Å². The van der Waals surface area contributed by atoms with Crippen molar-refractivity contribution in [3.05, 3.63) is 18.2 Å². The van der Waals surface area contributed by atoms with Crippen molar-refractivity contribution in [2.24, 2.45) is 5.73 Å².